The van der Waals surface area contributed by atoms with Crippen LogP contribution in [0.25, 0.3) is 0 Å². The fraction of sp³-hybridized carbons (Fsp3) is 0.351. The molecule has 6 atom stereocenters. The smallest absolute Gasteiger partial charge is 0.416 e. The van der Waals surface area contributed by atoms with Crippen molar-refractivity contribution in [1.29, 1.82) is 0 Å². The van der Waals surface area contributed by atoms with Crippen LogP contribution < -0.4 is 14.5 Å². The molecule has 8 nitrogen and oxygen atoms in total. The van der Waals surface area contributed by atoms with Crippen LogP contribution >= 0.6 is 22.6 Å². The van der Waals surface area contributed by atoms with E-state index >= 15 is 0 Å². The van der Waals surface area contributed by atoms with E-state index in [1.807, 2.05) is 0 Å². The second-order valence-corrected chi connectivity index (χ2v) is 15.3. The highest BCUT2D eigenvalue weighted by Crippen LogP contribution is 2.59. The summed E-state index contributed by atoms with van der Waals surface area (Å²) in [6.45, 7) is 0. The fourth-order valence-electron chi connectivity index (χ4n) is 8.54. The lowest BCUT2D eigenvalue weighted by molar-refractivity contribution is -0.144. The summed E-state index contributed by atoms with van der Waals surface area (Å²) in [6, 6.07) is 2.96. The van der Waals surface area contributed by atoms with Crippen LogP contribution in [-0.4, -0.2) is 35.8 Å². The lowest BCUT2D eigenvalue weighted by Gasteiger charge is -2.44. The molecule has 1 N–H and O–H groups in total. The summed E-state index contributed by atoms with van der Waals surface area (Å²) in [4.78, 5) is 57.0. The van der Waals surface area contributed by atoms with E-state index in [0.717, 1.165) is 0 Å². The Morgan fingerprint density at radius 2 is 1.03 bits per heavy atom. The molecule has 2 saturated heterocycles. The largest absolute Gasteiger partial charge is 0.504 e. The summed E-state index contributed by atoms with van der Waals surface area (Å²) in [5.74, 6) is -14.2. The molecule has 0 spiro atoms. The number of hydrogen-bond donors (Lipinski definition) is 1. The van der Waals surface area contributed by atoms with Gasteiger partial charge >= 0.3 is 24.7 Å². The van der Waals surface area contributed by atoms with E-state index in [4.69, 9.17) is 4.74 Å². The van der Waals surface area contributed by atoms with E-state index < -0.39 is 124 Å². The monoisotopic (exact) mass is 946 g/mol. The first-order chi connectivity index (χ1) is 26.7. The predicted octanol–water partition coefficient (Wildman–Crippen LogP) is 9.13. The van der Waals surface area contributed by atoms with Crippen molar-refractivity contribution in [2.75, 3.05) is 16.9 Å². The van der Waals surface area contributed by atoms with Gasteiger partial charge in [0.25, 0.3) is 0 Å². The number of carbonyl (C=O) groups is 4. The molecule has 3 aromatic rings. The molecule has 2 aliphatic carbocycles. The number of allylic oxidation sites excluding steroid dienone is 2. The van der Waals surface area contributed by atoms with Gasteiger partial charge in [0.05, 0.1) is 68.0 Å². The normalized spacial score (nSPS) is 25.2. The van der Waals surface area contributed by atoms with Gasteiger partial charge < -0.3 is 9.84 Å². The van der Waals surface area contributed by atoms with Crippen molar-refractivity contribution in [2.24, 2.45) is 29.6 Å². The van der Waals surface area contributed by atoms with E-state index in [1.54, 1.807) is 22.6 Å². The van der Waals surface area contributed by atoms with Gasteiger partial charge in [-0.1, -0.05) is 11.6 Å². The summed E-state index contributed by atoms with van der Waals surface area (Å²) < 4.78 is 171. The average Bonchev–Trinajstić information content (AvgIpc) is 3.53. The minimum absolute atomic E-state index is 0.115. The van der Waals surface area contributed by atoms with Gasteiger partial charge in [0.15, 0.2) is 11.5 Å². The van der Waals surface area contributed by atoms with Crippen molar-refractivity contribution in [1.82, 2.24) is 0 Å². The van der Waals surface area contributed by atoms with Crippen LogP contribution in [0.1, 0.15) is 46.6 Å². The molecule has 21 heteroatoms. The van der Waals surface area contributed by atoms with Gasteiger partial charge in [-0.2, -0.15) is 52.7 Å². The van der Waals surface area contributed by atoms with E-state index in [-0.39, 0.29) is 78.8 Å². The minimum atomic E-state index is -5.37. The molecule has 4 amide bonds. The second-order valence-electron chi connectivity index (χ2n) is 14.1. The molecule has 308 valence electrons. The number of aromatic hydroxyl groups is 1. The molecule has 0 aromatic heterocycles. The SMILES string of the molecule is COc1cc([C@H]2C3=CC[C@@H]4C(=O)N(c5cc(C(F)(F)F)cc(C(F)(F)F)c5)C(=O)[C@@H]4[C@@H]3C[C@H]3C(=O)N(c4cc(C(F)(F)F)cc(C(F)(F)F)c4)C(=O)[C@@H]23)cc(I)c1O. The number of anilines is 2. The molecule has 4 aliphatic rings. The second kappa shape index (κ2) is 13.6. The standard InChI is InChI=1S/C37H23F12IN2O6/c1-58-25-5-13(4-24(50)29(25)53)26-20-2-3-21-27(32(56)51(30(21)54)18-8-14(34(38,39)40)6-15(9-18)35(41,42)43)22(20)12-23-28(26)33(57)52(31(23)55)19-10-16(36(44,45)46)7-17(11-19)37(47,48)49/h2,4-11,21-23,26-28,53H,3,12H2,1H3/t21-,22+,23+,26-,27-,28+/m0/s1. The third-order valence-corrected chi connectivity index (χ3v) is 11.8. The number of carbonyl (C=O) groups excluding carboxylic acids is 4. The molecule has 3 fully saturated rings. The summed E-state index contributed by atoms with van der Waals surface area (Å²) in [5, 5.41) is 10.6. The van der Waals surface area contributed by atoms with Crippen LogP contribution in [0.2, 0.25) is 0 Å². The van der Waals surface area contributed by atoms with E-state index in [0.29, 0.717) is 0 Å². The number of ether oxygens (including phenoxy) is 1. The first-order valence-electron chi connectivity index (χ1n) is 16.8. The molecule has 3 aromatic carbocycles. The molecule has 0 bridgehead atoms. The zero-order valence-electron chi connectivity index (χ0n) is 28.9. The van der Waals surface area contributed by atoms with Crippen LogP contribution in [-0.2, 0) is 43.9 Å². The maximum absolute atomic E-state index is 14.4. The Kier molecular flexibility index (Phi) is 9.70. The lowest BCUT2D eigenvalue weighted by atomic mass is 9.57. The van der Waals surface area contributed by atoms with Gasteiger partial charge in [-0.25, -0.2) is 9.80 Å². The number of imide groups is 2. The van der Waals surface area contributed by atoms with Crippen LogP contribution in [0.4, 0.5) is 64.1 Å². The van der Waals surface area contributed by atoms with Crippen LogP contribution in [0.5, 0.6) is 11.5 Å². The number of methoxy groups -OCH3 is 1. The van der Waals surface area contributed by atoms with Crippen molar-refractivity contribution in [3.05, 3.63) is 91.6 Å². The van der Waals surface area contributed by atoms with Crippen molar-refractivity contribution in [2.45, 2.75) is 43.5 Å². The van der Waals surface area contributed by atoms with E-state index in [9.17, 15) is 77.0 Å². The maximum Gasteiger partial charge on any atom is 0.416 e. The van der Waals surface area contributed by atoms with Crippen LogP contribution in [0.3, 0.4) is 0 Å². The average molecular weight is 946 g/mol. The zero-order chi connectivity index (χ0) is 42.8. The summed E-state index contributed by atoms with van der Waals surface area (Å²) in [6.07, 6.45) is -20.9. The third kappa shape index (κ3) is 6.75. The van der Waals surface area contributed by atoms with Crippen molar-refractivity contribution in [3.63, 3.8) is 0 Å². The van der Waals surface area contributed by atoms with Gasteiger partial charge in [0.1, 0.15) is 0 Å². The summed E-state index contributed by atoms with van der Waals surface area (Å²) >= 11 is 1.69. The lowest BCUT2D eigenvalue weighted by Crippen LogP contribution is -2.43. The first-order valence-corrected chi connectivity index (χ1v) is 17.9. The number of nitrogens with zero attached hydrogens (tertiary/aromatic N) is 2. The number of halogens is 13. The Morgan fingerprint density at radius 3 is 1.47 bits per heavy atom. The van der Waals surface area contributed by atoms with E-state index in [1.165, 1.54) is 25.3 Å². The summed E-state index contributed by atoms with van der Waals surface area (Å²) in [7, 11) is 1.17. The number of phenolic OH excluding ortho intramolecular Hbond substituents is 1. The molecule has 1 saturated carbocycles. The first kappa shape index (κ1) is 41.3. The van der Waals surface area contributed by atoms with Gasteiger partial charge in [-0.3, -0.25) is 19.2 Å². The number of benzene rings is 3. The minimum Gasteiger partial charge on any atom is -0.504 e. The molecule has 58 heavy (non-hydrogen) atoms. The quantitative estimate of drug-likeness (QED) is 0.121. The molecule has 2 heterocycles. The zero-order valence-corrected chi connectivity index (χ0v) is 31.0. The Labute approximate surface area is 331 Å². The number of phenols is 1. The molecular formula is C37H23F12IN2O6. The van der Waals surface area contributed by atoms with Gasteiger partial charge in [0.2, 0.25) is 23.6 Å². The highest BCUT2D eigenvalue weighted by molar-refractivity contribution is 14.1. The molecular weight excluding hydrogens is 923 g/mol. The molecule has 0 radical (unpaired) electrons. The Bertz CT molecular complexity index is 2250. The maximum atomic E-state index is 14.4. The van der Waals surface area contributed by atoms with Crippen molar-refractivity contribution < 1.29 is 81.7 Å². The number of rotatable bonds is 4. The Morgan fingerprint density at radius 1 is 0.603 bits per heavy atom. The highest BCUT2D eigenvalue weighted by Gasteiger charge is 2.63. The number of hydrogen-bond acceptors (Lipinski definition) is 6. The number of fused-ring (bicyclic) bond motifs is 4. The van der Waals surface area contributed by atoms with Gasteiger partial charge in [-0.05, 0) is 95.4 Å². The molecule has 0 unspecified atom stereocenters. The Balaban J connectivity index is 1.37. The number of amides is 4. The molecule has 7 rings (SSSR count). The van der Waals surface area contributed by atoms with Crippen LogP contribution in [0.15, 0.2) is 60.2 Å². The van der Waals surface area contributed by atoms with Crippen molar-refractivity contribution >= 4 is 57.6 Å². The van der Waals surface area contributed by atoms with Crippen LogP contribution in [0, 0.1) is 33.2 Å². The number of alkyl halides is 12. The summed E-state index contributed by atoms with van der Waals surface area (Å²) in [5.41, 5.74) is -9.12. The van der Waals surface area contributed by atoms with Gasteiger partial charge in [0, 0.05) is 5.92 Å². The predicted molar refractivity (Wildman–Crippen MR) is 183 cm³/mol. The molecule has 2 aliphatic heterocycles. The van der Waals surface area contributed by atoms with Crippen molar-refractivity contribution in [3.8, 4) is 11.5 Å². The van der Waals surface area contributed by atoms with E-state index in [2.05, 4.69) is 0 Å². The highest BCUT2D eigenvalue weighted by atomic mass is 127. The third-order valence-electron chi connectivity index (χ3n) is 10.9. The van der Waals surface area contributed by atoms with Gasteiger partial charge in [-0.15, -0.1) is 0 Å². The fourth-order valence-corrected chi connectivity index (χ4v) is 9.16. The Hall–Kier alpha value is -4.83. The topological polar surface area (TPSA) is 104 Å².